The van der Waals surface area contributed by atoms with Crippen molar-refractivity contribution in [2.75, 3.05) is 25.1 Å². The Morgan fingerprint density at radius 2 is 2.24 bits per heavy atom. The molecule has 0 amide bonds. The second-order valence-corrected chi connectivity index (χ2v) is 5.39. The van der Waals surface area contributed by atoms with Gasteiger partial charge in [0.2, 0.25) is 0 Å². The molecule has 1 aromatic rings. The van der Waals surface area contributed by atoms with Crippen molar-refractivity contribution >= 4 is 17.2 Å². The lowest BCUT2D eigenvalue weighted by Gasteiger charge is -2.28. The van der Waals surface area contributed by atoms with E-state index in [1.165, 1.54) is 13.0 Å². The lowest BCUT2D eigenvalue weighted by atomic mass is 10.1. The molecule has 1 aliphatic rings. The highest BCUT2D eigenvalue weighted by Crippen LogP contribution is 2.29. The molecule has 1 heterocycles. The SMILES string of the molecule is CC(=O)c1ccc(N(C)CC2CCCCO2)c([N+](=O)[O-])c1. The van der Waals surface area contributed by atoms with E-state index >= 15 is 0 Å². The Labute approximate surface area is 123 Å². The number of rotatable bonds is 5. The van der Waals surface area contributed by atoms with Crippen LogP contribution >= 0.6 is 0 Å². The minimum atomic E-state index is -0.444. The highest BCUT2D eigenvalue weighted by molar-refractivity contribution is 5.95. The third-order valence-electron chi connectivity index (χ3n) is 3.74. The number of nitro benzene ring substituents is 1. The van der Waals surface area contributed by atoms with Crippen LogP contribution < -0.4 is 4.90 Å². The predicted molar refractivity (Wildman–Crippen MR) is 80.0 cm³/mol. The molecule has 1 saturated heterocycles. The Bertz CT molecular complexity index is 538. The molecule has 0 bridgehead atoms. The van der Waals surface area contributed by atoms with E-state index in [0.29, 0.717) is 17.8 Å². The van der Waals surface area contributed by atoms with Gasteiger partial charge < -0.3 is 9.64 Å². The van der Waals surface area contributed by atoms with Crippen molar-refractivity contribution in [1.82, 2.24) is 0 Å². The Morgan fingerprint density at radius 1 is 1.48 bits per heavy atom. The van der Waals surface area contributed by atoms with E-state index in [0.717, 1.165) is 25.9 Å². The summed E-state index contributed by atoms with van der Waals surface area (Å²) in [5.41, 5.74) is 0.827. The third-order valence-corrected chi connectivity index (χ3v) is 3.74. The van der Waals surface area contributed by atoms with Crippen LogP contribution in [0.2, 0.25) is 0 Å². The maximum absolute atomic E-state index is 11.4. The normalized spacial score (nSPS) is 18.3. The standard InChI is InChI=1S/C15H20N2O4/c1-11(18)12-6-7-14(15(9-12)17(19)20)16(2)10-13-5-3-4-8-21-13/h6-7,9,13H,3-5,8,10H2,1-2H3. The van der Waals surface area contributed by atoms with Crippen LogP contribution in [-0.4, -0.2) is 37.0 Å². The summed E-state index contributed by atoms with van der Waals surface area (Å²) in [5.74, 6) is -0.178. The number of benzene rings is 1. The van der Waals surface area contributed by atoms with E-state index in [1.54, 1.807) is 12.1 Å². The molecule has 1 aromatic carbocycles. The van der Waals surface area contributed by atoms with Crippen LogP contribution in [0.5, 0.6) is 0 Å². The van der Waals surface area contributed by atoms with Crippen molar-refractivity contribution in [2.24, 2.45) is 0 Å². The number of carbonyl (C=O) groups excluding carboxylic acids is 1. The Balaban J connectivity index is 2.20. The van der Waals surface area contributed by atoms with Gasteiger partial charge in [-0.05, 0) is 38.3 Å². The molecule has 114 valence electrons. The summed E-state index contributed by atoms with van der Waals surface area (Å²) < 4.78 is 5.67. The van der Waals surface area contributed by atoms with Crippen molar-refractivity contribution in [2.45, 2.75) is 32.3 Å². The number of Topliss-reactive ketones (excluding diaryl/α,β-unsaturated/α-hetero) is 1. The molecule has 6 heteroatoms. The molecule has 21 heavy (non-hydrogen) atoms. The molecule has 1 aliphatic heterocycles. The van der Waals surface area contributed by atoms with Gasteiger partial charge in [0.15, 0.2) is 5.78 Å². The number of likely N-dealkylation sites (N-methyl/N-ethyl adjacent to an activating group) is 1. The van der Waals surface area contributed by atoms with Crippen LogP contribution in [0.3, 0.4) is 0 Å². The summed E-state index contributed by atoms with van der Waals surface area (Å²) in [6.45, 7) is 2.77. The van der Waals surface area contributed by atoms with Crippen LogP contribution in [0.25, 0.3) is 0 Å². The smallest absolute Gasteiger partial charge is 0.293 e. The molecule has 1 fully saturated rings. The quantitative estimate of drug-likeness (QED) is 0.474. The lowest BCUT2D eigenvalue weighted by molar-refractivity contribution is -0.384. The number of carbonyl (C=O) groups is 1. The van der Waals surface area contributed by atoms with Crippen molar-refractivity contribution in [3.8, 4) is 0 Å². The first-order valence-corrected chi connectivity index (χ1v) is 7.11. The van der Waals surface area contributed by atoms with Gasteiger partial charge >= 0.3 is 0 Å². The average molecular weight is 292 g/mol. The Morgan fingerprint density at radius 3 is 2.81 bits per heavy atom. The van der Waals surface area contributed by atoms with Gasteiger partial charge in [0, 0.05) is 31.8 Å². The summed E-state index contributed by atoms with van der Waals surface area (Å²) in [6, 6.07) is 4.61. The molecule has 0 spiro atoms. The predicted octanol–water partition coefficient (Wildman–Crippen LogP) is 2.80. The molecule has 6 nitrogen and oxygen atoms in total. The van der Waals surface area contributed by atoms with E-state index in [-0.39, 0.29) is 17.6 Å². The number of hydrogen-bond donors (Lipinski definition) is 0. The van der Waals surface area contributed by atoms with E-state index in [9.17, 15) is 14.9 Å². The van der Waals surface area contributed by atoms with Crippen LogP contribution in [0.4, 0.5) is 11.4 Å². The largest absolute Gasteiger partial charge is 0.376 e. The van der Waals surface area contributed by atoms with Crippen molar-refractivity contribution in [3.63, 3.8) is 0 Å². The highest BCUT2D eigenvalue weighted by atomic mass is 16.6. The topological polar surface area (TPSA) is 72.7 Å². The van der Waals surface area contributed by atoms with Gasteiger partial charge in [-0.2, -0.15) is 0 Å². The van der Waals surface area contributed by atoms with E-state index < -0.39 is 4.92 Å². The zero-order chi connectivity index (χ0) is 15.4. The minimum Gasteiger partial charge on any atom is -0.376 e. The molecule has 0 aliphatic carbocycles. The average Bonchev–Trinajstić information content (AvgIpc) is 2.47. The van der Waals surface area contributed by atoms with E-state index in [4.69, 9.17) is 4.74 Å². The summed E-state index contributed by atoms with van der Waals surface area (Å²) >= 11 is 0. The summed E-state index contributed by atoms with van der Waals surface area (Å²) in [6.07, 6.45) is 3.29. The molecule has 0 N–H and O–H groups in total. The molecular formula is C15H20N2O4. The highest BCUT2D eigenvalue weighted by Gasteiger charge is 2.22. The number of nitro groups is 1. The first kappa shape index (κ1) is 15.4. The van der Waals surface area contributed by atoms with Crippen molar-refractivity contribution in [1.29, 1.82) is 0 Å². The molecule has 1 atom stereocenters. The molecule has 0 aromatic heterocycles. The van der Waals surface area contributed by atoms with Gasteiger partial charge in [-0.15, -0.1) is 0 Å². The molecule has 0 saturated carbocycles. The van der Waals surface area contributed by atoms with Crippen molar-refractivity contribution in [3.05, 3.63) is 33.9 Å². The van der Waals surface area contributed by atoms with Crippen LogP contribution in [0.1, 0.15) is 36.5 Å². The minimum absolute atomic E-state index is 0.0407. The lowest BCUT2D eigenvalue weighted by Crippen LogP contribution is -2.33. The number of nitrogens with zero attached hydrogens (tertiary/aromatic N) is 2. The fourth-order valence-corrected chi connectivity index (χ4v) is 2.57. The number of ether oxygens (including phenoxy) is 1. The zero-order valence-corrected chi connectivity index (χ0v) is 12.4. The summed E-state index contributed by atoms with van der Waals surface area (Å²) in [5, 5.41) is 11.2. The van der Waals surface area contributed by atoms with Gasteiger partial charge in [-0.25, -0.2) is 0 Å². The zero-order valence-electron chi connectivity index (χ0n) is 12.4. The second-order valence-electron chi connectivity index (χ2n) is 5.39. The first-order valence-electron chi connectivity index (χ1n) is 7.11. The number of anilines is 1. The fourth-order valence-electron chi connectivity index (χ4n) is 2.57. The van der Waals surface area contributed by atoms with E-state index in [1.807, 2.05) is 11.9 Å². The maximum atomic E-state index is 11.4. The Hall–Kier alpha value is -1.95. The molecule has 2 rings (SSSR count). The van der Waals surface area contributed by atoms with Crippen LogP contribution in [0, 0.1) is 10.1 Å². The molecular weight excluding hydrogens is 272 g/mol. The fraction of sp³-hybridized carbons (Fsp3) is 0.533. The molecule has 1 unspecified atom stereocenters. The number of ketones is 1. The van der Waals surface area contributed by atoms with Gasteiger partial charge in [-0.3, -0.25) is 14.9 Å². The van der Waals surface area contributed by atoms with Gasteiger partial charge in [0.25, 0.3) is 5.69 Å². The van der Waals surface area contributed by atoms with Crippen molar-refractivity contribution < 1.29 is 14.5 Å². The van der Waals surface area contributed by atoms with Crippen LogP contribution in [0.15, 0.2) is 18.2 Å². The molecule has 0 radical (unpaired) electrons. The second kappa shape index (κ2) is 6.67. The Kier molecular flexibility index (Phi) is 4.90. The van der Waals surface area contributed by atoms with Gasteiger partial charge in [0.1, 0.15) is 5.69 Å². The first-order chi connectivity index (χ1) is 9.99. The maximum Gasteiger partial charge on any atom is 0.293 e. The van der Waals surface area contributed by atoms with E-state index in [2.05, 4.69) is 0 Å². The van der Waals surface area contributed by atoms with Gasteiger partial charge in [0.05, 0.1) is 11.0 Å². The monoisotopic (exact) mass is 292 g/mol. The van der Waals surface area contributed by atoms with Crippen LogP contribution in [-0.2, 0) is 4.74 Å². The third kappa shape index (κ3) is 3.78. The summed E-state index contributed by atoms with van der Waals surface area (Å²) in [4.78, 5) is 24.0. The number of hydrogen-bond acceptors (Lipinski definition) is 5. The van der Waals surface area contributed by atoms with Gasteiger partial charge in [-0.1, -0.05) is 0 Å². The summed E-state index contributed by atoms with van der Waals surface area (Å²) in [7, 11) is 1.81.